The van der Waals surface area contributed by atoms with Crippen LogP contribution in [-0.4, -0.2) is 37.3 Å². The van der Waals surface area contributed by atoms with Crippen molar-refractivity contribution in [3.05, 3.63) is 23.8 Å². The van der Waals surface area contributed by atoms with E-state index in [1.54, 1.807) is 6.07 Å². The third-order valence-corrected chi connectivity index (χ3v) is 3.53. The van der Waals surface area contributed by atoms with Gasteiger partial charge in [0, 0.05) is 19.6 Å². The summed E-state index contributed by atoms with van der Waals surface area (Å²) in [7, 11) is 1.44. The highest BCUT2D eigenvalue weighted by atomic mass is 16.5. The Morgan fingerprint density at radius 2 is 2.29 bits per heavy atom. The molecule has 0 bridgehead atoms. The van der Waals surface area contributed by atoms with Crippen molar-refractivity contribution in [1.82, 2.24) is 0 Å². The topological polar surface area (TPSA) is 84.9 Å². The van der Waals surface area contributed by atoms with Crippen molar-refractivity contribution in [1.29, 1.82) is 0 Å². The van der Waals surface area contributed by atoms with Gasteiger partial charge < -0.3 is 19.9 Å². The maximum Gasteiger partial charge on any atom is 0.335 e. The maximum atomic E-state index is 11.9. The average molecular weight is 293 g/mol. The van der Waals surface area contributed by atoms with Crippen LogP contribution in [0, 0.1) is 5.92 Å². The highest BCUT2D eigenvalue weighted by molar-refractivity contribution is 5.94. The highest BCUT2D eigenvalue weighted by Crippen LogP contribution is 2.26. The Kier molecular flexibility index (Phi) is 5.16. The van der Waals surface area contributed by atoms with Gasteiger partial charge in [-0.25, -0.2) is 4.79 Å². The van der Waals surface area contributed by atoms with Gasteiger partial charge >= 0.3 is 5.97 Å². The standard InChI is InChI=1S/C15H19NO5/c1-20-13-8-11(15(18)19)3-4-12(13)16-14(17)5-2-10-6-7-21-9-10/h3-4,8,10H,2,5-7,9H2,1H3,(H,16,17)(H,18,19). The maximum absolute atomic E-state index is 11.9. The molecule has 1 unspecified atom stereocenters. The van der Waals surface area contributed by atoms with Gasteiger partial charge in [0.2, 0.25) is 5.91 Å². The lowest BCUT2D eigenvalue weighted by atomic mass is 10.0. The summed E-state index contributed by atoms with van der Waals surface area (Å²) in [5.74, 6) is -0.352. The number of nitrogens with one attached hydrogen (secondary N) is 1. The van der Waals surface area contributed by atoms with Crippen LogP contribution >= 0.6 is 0 Å². The minimum absolute atomic E-state index is 0.108. The van der Waals surface area contributed by atoms with E-state index in [1.807, 2.05) is 0 Å². The summed E-state index contributed by atoms with van der Waals surface area (Å²) in [6.07, 6.45) is 2.21. The van der Waals surface area contributed by atoms with E-state index < -0.39 is 5.97 Å². The van der Waals surface area contributed by atoms with Gasteiger partial charge in [0.15, 0.2) is 0 Å². The van der Waals surface area contributed by atoms with Crippen LogP contribution < -0.4 is 10.1 Å². The Morgan fingerprint density at radius 1 is 1.48 bits per heavy atom. The first-order chi connectivity index (χ1) is 10.1. The first-order valence-electron chi connectivity index (χ1n) is 6.89. The van der Waals surface area contributed by atoms with Gasteiger partial charge in [-0.3, -0.25) is 4.79 Å². The largest absolute Gasteiger partial charge is 0.495 e. The van der Waals surface area contributed by atoms with E-state index in [-0.39, 0.29) is 11.5 Å². The van der Waals surface area contributed by atoms with E-state index in [1.165, 1.54) is 19.2 Å². The second kappa shape index (κ2) is 7.08. The molecule has 1 saturated heterocycles. The van der Waals surface area contributed by atoms with Gasteiger partial charge in [-0.05, 0) is 37.0 Å². The van der Waals surface area contributed by atoms with Crippen molar-refractivity contribution in [2.45, 2.75) is 19.3 Å². The number of hydrogen-bond donors (Lipinski definition) is 2. The molecule has 6 heteroatoms. The lowest BCUT2D eigenvalue weighted by molar-refractivity contribution is -0.116. The second-order valence-electron chi connectivity index (χ2n) is 5.04. The van der Waals surface area contributed by atoms with Gasteiger partial charge in [0.25, 0.3) is 0 Å². The molecule has 1 aromatic rings. The number of amides is 1. The molecule has 0 radical (unpaired) electrons. The number of carbonyl (C=O) groups is 2. The SMILES string of the molecule is COc1cc(C(=O)O)ccc1NC(=O)CCC1CCOC1. The zero-order valence-electron chi connectivity index (χ0n) is 11.9. The third kappa shape index (κ3) is 4.19. The molecule has 0 saturated carbocycles. The Labute approximate surface area is 123 Å². The Bertz CT molecular complexity index is 523. The van der Waals surface area contributed by atoms with Gasteiger partial charge in [-0.15, -0.1) is 0 Å². The summed E-state index contributed by atoms with van der Waals surface area (Å²) in [6, 6.07) is 4.37. The Hall–Kier alpha value is -2.08. The zero-order valence-corrected chi connectivity index (χ0v) is 11.9. The minimum Gasteiger partial charge on any atom is -0.495 e. The predicted octanol–water partition coefficient (Wildman–Crippen LogP) is 2.15. The number of carbonyl (C=O) groups excluding carboxylic acids is 1. The smallest absolute Gasteiger partial charge is 0.335 e. The first kappa shape index (κ1) is 15.3. The van der Waals surface area contributed by atoms with Gasteiger partial charge in [-0.2, -0.15) is 0 Å². The van der Waals surface area contributed by atoms with E-state index in [9.17, 15) is 9.59 Å². The summed E-state index contributed by atoms with van der Waals surface area (Å²) >= 11 is 0. The quantitative estimate of drug-likeness (QED) is 0.839. The molecule has 1 aliphatic heterocycles. The van der Waals surface area contributed by atoms with Crippen LogP contribution in [0.3, 0.4) is 0 Å². The molecule has 1 heterocycles. The number of hydrogen-bond acceptors (Lipinski definition) is 4. The van der Waals surface area contributed by atoms with Crippen LogP contribution in [0.4, 0.5) is 5.69 Å². The van der Waals surface area contributed by atoms with Crippen molar-refractivity contribution in [3.63, 3.8) is 0 Å². The number of ether oxygens (including phenoxy) is 2. The highest BCUT2D eigenvalue weighted by Gasteiger charge is 2.17. The molecule has 6 nitrogen and oxygen atoms in total. The van der Waals surface area contributed by atoms with Crippen molar-refractivity contribution in [2.24, 2.45) is 5.92 Å². The number of rotatable bonds is 6. The molecule has 0 aliphatic carbocycles. The van der Waals surface area contributed by atoms with Crippen LogP contribution in [0.5, 0.6) is 5.75 Å². The van der Waals surface area contributed by atoms with E-state index in [4.69, 9.17) is 14.6 Å². The van der Waals surface area contributed by atoms with Crippen molar-refractivity contribution in [2.75, 3.05) is 25.6 Å². The molecule has 1 aromatic carbocycles. The molecular weight excluding hydrogens is 274 g/mol. The molecule has 1 atom stereocenters. The number of aromatic carboxylic acids is 1. The lowest BCUT2D eigenvalue weighted by Crippen LogP contribution is -2.14. The molecule has 1 fully saturated rings. The molecule has 21 heavy (non-hydrogen) atoms. The van der Waals surface area contributed by atoms with Crippen molar-refractivity contribution >= 4 is 17.6 Å². The molecule has 0 aromatic heterocycles. The van der Waals surface area contributed by atoms with Gasteiger partial charge in [0.05, 0.1) is 18.4 Å². The van der Waals surface area contributed by atoms with Gasteiger partial charge in [-0.1, -0.05) is 0 Å². The van der Waals surface area contributed by atoms with E-state index in [0.717, 1.165) is 26.1 Å². The molecule has 1 amide bonds. The van der Waals surface area contributed by atoms with Crippen LogP contribution in [0.15, 0.2) is 18.2 Å². The zero-order chi connectivity index (χ0) is 15.2. The number of anilines is 1. The Morgan fingerprint density at radius 3 is 2.90 bits per heavy atom. The minimum atomic E-state index is -1.03. The number of carboxylic acids is 1. The fourth-order valence-corrected chi connectivity index (χ4v) is 2.29. The molecule has 2 rings (SSSR count). The third-order valence-electron chi connectivity index (χ3n) is 3.53. The summed E-state index contributed by atoms with van der Waals surface area (Å²) in [6.45, 7) is 1.50. The monoisotopic (exact) mass is 293 g/mol. The predicted molar refractivity (Wildman–Crippen MR) is 76.7 cm³/mol. The molecule has 0 spiro atoms. The average Bonchev–Trinajstić information content (AvgIpc) is 2.98. The van der Waals surface area contributed by atoms with Crippen LogP contribution in [0.2, 0.25) is 0 Å². The number of carboxylic acid groups (broad SMARTS) is 1. The van der Waals surface area contributed by atoms with Crippen LogP contribution in [0.25, 0.3) is 0 Å². The van der Waals surface area contributed by atoms with E-state index in [0.29, 0.717) is 23.8 Å². The first-order valence-corrected chi connectivity index (χ1v) is 6.89. The van der Waals surface area contributed by atoms with E-state index >= 15 is 0 Å². The Balaban J connectivity index is 1.94. The van der Waals surface area contributed by atoms with Crippen molar-refractivity contribution in [3.8, 4) is 5.75 Å². The summed E-state index contributed by atoms with van der Waals surface area (Å²) < 4.78 is 10.4. The number of methoxy groups -OCH3 is 1. The van der Waals surface area contributed by atoms with Gasteiger partial charge in [0.1, 0.15) is 5.75 Å². The summed E-state index contributed by atoms with van der Waals surface area (Å²) in [5, 5.41) is 11.7. The van der Waals surface area contributed by atoms with Crippen LogP contribution in [0.1, 0.15) is 29.6 Å². The number of benzene rings is 1. The summed E-state index contributed by atoms with van der Waals surface area (Å²) in [4.78, 5) is 22.8. The second-order valence-corrected chi connectivity index (χ2v) is 5.04. The molecule has 1 aliphatic rings. The normalized spacial score (nSPS) is 17.5. The fourth-order valence-electron chi connectivity index (χ4n) is 2.29. The molecular formula is C15H19NO5. The van der Waals surface area contributed by atoms with Crippen molar-refractivity contribution < 1.29 is 24.2 Å². The molecule has 114 valence electrons. The fraction of sp³-hybridized carbons (Fsp3) is 0.467. The van der Waals surface area contributed by atoms with E-state index in [2.05, 4.69) is 5.32 Å². The lowest BCUT2D eigenvalue weighted by Gasteiger charge is -2.12. The van der Waals surface area contributed by atoms with Crippen LogP contribution in [-0.2, 0) is 9.53 Å². The summed E-state index contributed by atoms with van der Waals surface area (Å²) in [5.41, 5.74) is 0.600. The molecule has 2 N–H and O–H groups in total.